The topological polar surface area (TPSA) is 59.9 Å². The molecule has 0 amide bonds. The third-order valence-electron chi connectivity index (χ3n) is 2.38. The molecule has 0 aliphatic rings. The van der Waals surface area contributed by atoms with Gasteiger partial charge in [-0.1, -0.05) is 17.7 Å². The Balaban J connectivity index is 2.30. The SMILES string of the molecule is CCOc1nc(Cl)nc(Nc2cccc(Cl)c2C)n1. The van der Waals surface area contributed by atoms with Gasteiger partial charge in [0.05, 0.1) is 6.61 Å². The Morgan fingerprint density at radius 2 is 2.00 bits per heavy atom. The Labute approximate surface area is 121 Å². The van der Waals surface area contributed by atoms with E-state index in [0.717, 1.165) is 11.3 Å². The van der Waals surface area contributed by atoms with Crippen LogP contribution in [0.15, 0.2) is 18.2 Å². The number of rotatable bonds is 4. The highest BCUT2D eigenvalue weighted by Crippen LogP contribution is 2.25. The first-order valence-electron chi connectivity index (χ1n) is 5.66. The second-order valence-corrected chi connectivity index (χ2v) is 4.43. The summed E-state index contributed by atoms with van der Waals surface area (Å²) in [6, 6.07) is 5.71. The zero-order valence-corrected chi connectivity index (χ0v) is 12.0. The van der Waals surface area contributed by atoms with E-state index in [2.05, 4.69) is 20.3 Å². The minimum absolute atomic E-state index is 0.0700. The van der Waals surface area contributed by atoms with Crippen LogP contribution in [-0.4, -0.2) is 21.6 Å². The standard InChI is InChI=1S/C12H12Cl2N4O/c1-3-19-12-17-10(14)16-11(18-12)15-9-6-4-5-8(13)7(9)2/h4-6H,3H2,1-2H3,(H,15,16,17,18). The predicted molar refractivity (Wildman–Crippen MR) is 75.5 cm³/mol. The minimum Gasteiger partial charge on any atom is -0.464 e. The second-order valence-electron chi connectivity index (χ2n) is 3.68. The van der Waals surface area contributed by atoms with Crippen molar-refractivity contribution in [2.75, 3.05) is 11.9 Å². The zero-order valence-electron chi connectivity index (χ0n) is 10.4. The molecular formula is C12H12Cl2N4O. The summed E-state index contributed by atoms with van der Waals surface area (Å²) >= 11 is 11.9. The summed E-state index contributed by atoms with van der Waals surface area (Å²) in [5, 5.41) is 3.77. The van der Waals surface area contributed by atoms with Crippen molar-refractivity contribution in [1.82, 2.24) is 15.0 Å². The molecule has 0 aliphatic heterocycles. The predicted octanol–water partition coefficient (Wildman–Crippen LogP) is 3.63. The first-order chi connectivity index (χ1) is 9.10. The van der Waals surface area contributed by atoms with E-state index in [-0.39, 0.29) is 11.3 Å². The lowest BCUT2D eigenvalue weighted by molar-refractivity contribution is 0.312. The molecule has 1 heterocycles. The van der Waals surface area contributed by atoms with Crippen LogP contribution in [0.25, 0.3) is 0 Å². The van der Waals surface area contributed by atoms with E-state index < -0.39 is 0 Å². The van der Waals surface area contributed by atoms with Gasteiger partial charge in [0.1, 0.15) is 0 Å². The smallest absolute Gasteiger partial charge is 0.322 e. The Morgan fingerprint density at radius 1 is 1.21 bits per heavy atom. The fourth-order valence-electron chi connectivity index (χ4n) is 1.44. The summed E-state index contributed by atoms with van der Waals surface area (Å²) in [4.78, 5) is 12.0. The summed E-state index contributed by atoms with van der Waals surface area (Å²) in [5.74, 6) is 0.314. The van der Waals surface area contributed by atoms with Crippen molar-refractivity contribution in [2.24, 2.45) is 0 Å². The van der Waals surface area contributed by atoms with Crippen LogP contribution < -0.4 is 10.1 Å². The molecule has 0 unspecified atom stereocenters. The molecule has 0 atom stereocenters. The number of ether oxygens (including phenoxy) is 1. The quantitative estimate of drug-likeness (QED) is 0.934. The highest BCUT2D eigenvalue weighted by Gasteiger charge is 2.08. The molecule has 100 valence electrons. The van der Waals surface area contributed by atoms with Crippen LogP contribution in [0.5, 0.6) is 6.01 Å². The van der Waals surface area contributed by atoms with Crippen LogP contribution in [0.3, 0.4) is 0 Å². The van der Waals surface area contributed by atoms with Crippen LogP contribution in [0, 0.1) is 6.92 Å². The maximum atomic E-state index is 6.05. The molecule has 5 nitrogen and oxygen atoms in total. The van der Waals surface area contributed by atoms with Gasteiger partial charge in [0.2, 0.25) is 11.2 Å². The van der Waals surface area contributed by atoms with Crippen molar-refractivity contribution in [3.8, 4) is 6.01 Å². The fourth-order valence-corrected chi connectivity index (χ4v) is 1.77. The maximum Gasteiger partial charge on any atom is 0.322 e. The van der Waals surface area contributed by atoms with Gasteiger partial charge in [-0.05, 0) is 43.1 Å². The molecule has 2 aromatic rings. The minimum atomic E-state index is 0.0700. The van der Waals surface area contributed by atoms with Crippen LogP contribution in [0.2, 0.25) is 10.3 Å². The summed E-state index contributed by atoms with van der Waals surface area (Å²) in [7, 11) is 0. The van der Waals surface area contributed by atoms with Crippen molar-refractivity contribution >= 4 is 34.8 Å². The molecule has 0 saturated heterocycles. The van der Waals surface area contributed by atoms with Gasteiger partial charge in [0.15, 0.2) is 0 Å². The molecule has 1 aromatic carbocycles. The Morgan fingerprint density at radius 3 is 2.74 bits per heavy atom. The maximum absolute atomic E-state index is 6.05. The first-order valence-corrected chi connectivity index (χ1v) is 6.42. The summed E-state index contributed by atoms with van der Waals surface area (Å²) < 4.78 is 5.21. The summed E-state index contributed by atoms with van der Waals surface area (Å²) in [5.41, 5.74) is 1.70. The van der Waals surface area contributed by atoms with E-state index in [9.17, 15) is 0 Å². The lowest BCUT2D eigenvalue weighted by Crippen LogP contribution is -2.04. The number of hydrogen-bond acceptors (Lipinski definition) is 5. The average molecular weight is 299 g/mol. The molecule has 19 heavy (non-hydrogen) atoms. The van der Waals surface area contributed by atoms with Gasteiger partial charge in [-0.2, -0.15) is 15.0 Å². The van der Waals surface area contributed by atoms with Crippen molar-refractivity contribution in [3.05, 3.63) is 34.1 Å². The number of nitrogens with zero attached hydrogens (tertiary/aromatic N) is 3. The van der Waals surface area contributed by atoms with Crippen molar-refractivity contribution < 1.29 is 4.74 Å². The molecule has 0 saturated carbocycles. The third-order valence-corrected chi connectivity index (χ3v) is 2.95. The van der Waals surface area contributed by atoms with Crippen LogP contribution in [-0.2, 0) is 0 Å². The zero-order chi connectivity index (χ0) is 13.8. The van der Waals surface area contributed by atoms with Gasteiger partial charge in [0.25, 0.3) is 0 Å². The van der Waals surface area contributed by atoms with Gasteiger partial charge in [0, 0.05) is 10.7 Å². The van der Waals surface area contributed by atoms with Crippen LogP contribution in [0.1, 0.15) is 12.5 Å². The molecule has 1 N–H and O–H groups in total. The Kier molecular flexibility index (Phi) is 4.39. The average Bonchev–Trinajstić information content (AvgIpc) is 2.35. The van der Waals surface area contributed by atoms with E-state index in [1.165, 1.54) is 0 Å². The molecule has 0 fully saturated rings. The van der Waals surface area contributed by atoms with Gasteiger partial charge < -0.3 is 10.1 Å². The molecule has 0 bridgehead atoms. The lowest BCUT2D eigenvalue weighted by Gasteiger charge is -2.10. The number of aromatic nitrogens is 3. The lowest BCUT2D eigenvalue weighted by atomic mass is 10.2. The highest BCUT2D eigenvalue weighted by atomic mass is 35.5. The number of halogens is 2. The number of anilines is 2. The molecule has 0 spiro atoms. The summed E-state index contributed by atoms with van der Waals surface area (Å²) in [6.07, 6.45) is 0. The van der Waals surface area contributed by atoms with Crippen LogP contribution >= 0.6 is 23.2 Å². The van der Waals surface area contributed by atoms with Crippen molar-refractivity contribution in [2.45, 2.75) is 13.8 Å². The molecule has 2 rings (SSSR count). The molecule has 1 aromatic heterocycles. The van der Waals surface area contributed by atoms with Crippen molar-refractivity contribution in [1.29, 1.82) is 0 Å². The number of benzene rings is 1. The van der Waals surface area contributed by atoms with E-state index >= 15 is 0 Å². The second kappa shape index (κ2) is 6.04. The monoisotopic (exact) mass is 298 g/mol. The number of nitrogens with one attached hydrogen (secondary N) is 1. The largest absolute Gasteiger partial charge is 0.464 e. The third kappa shape index (κ3) is 3.45. The van der Waals surface area contributed by atoms with Gasteiger partial charge >= 0.3 is 6.01 Å². The molecule has 7 heteroatoms. The fraction of sp³-hybridized carbons (Fsp3) is 0.250. The van der Waals surface area contributed by atoms with E-state index in [1.807, 2.05) is 32.0 Å². The molecular weight excluding hydrogens is 287 g/mol. The number of hydrogen-bond donors (Lipinski definition) is 1. The van der Waals surface area contributed by atoms with E-state index in [0.29, 0.717) is 17.6 Å². The molecule has 0 radical (unpaired) electrons. The van der Waals surface area contributed by atoms with E-state index in [4.69, 9.17) is 27.9 Å². The highest BCUT2D eigenvalue weighted by molar-refractivity contribution is 6.31. The van der Waals surface area contributed by atoms with Gasteiger partial charge in [-0.15, -0.1) is 0 Å². The van der Waals surface area contributed by atoms with Gasteiger partial charge in [-0.3, -0.25) is 0 Å². The molecule has 0 aliphatic carbocycles. The normalized spacial score (nSPS) is 10.3. The van der Waals surface area contributed by atoms with Crippen molar-refractivity contribution in [3.63, 3.8) is 0 Å². The van der Waals surface area contributed by atoms with E-state index in [1.54, 1.807) is 0 Å². The Hall–Kier alpha value is -1.59. The first kappa shape index (κ1) is 13.8. The Bertz CT molecular complexity index is 592. The van der Waals surface area contributed by atoms with Crippen LogP contribution in [0.4, 0.5) is 11.6 Å². The van der Waals surface area contributed by atoms with Gasteiger partial charge in [-0.25, -0.2) is 0 Å². The summed E-state index contributed by atoms with van der Waals surface area (Å²) in [6.45, 7) is 4.19.